The predicted octanol–water partition coefficient (Wildman–Crippen LogP) is 3.57. The lowest BCUT2D eigenvalue weighted by molar-refractivity contribution is 0.431. The zero-order valence-electron chi connectivity index (χ0n) is 9.64. The van der Waals surface area contributed by atoms with Gasteiger partial charge >= 0.3 is 0 Å². The van der Waals surface area contributed by atoms with E-state index in [9.17, 15) is 4.39 Å². The quantitative estimate of drug-likeness (QED) is 0.829. The van der Waals surface area contributed by atoms with Crippen molar-refractivity contribution in [2.45, 2.75) is 11.3 Å². The molecule has 2 aromatic rings. The van der Waals surface area contributed by atoms with Gasteiger partial charge in [0.2, 0.25) is 0 Å². The Bertz CT molecular complexity index is 526. The fourth-order valence-electron chi connectivity index (χ4n) is 1.53. The highest BCUT2D eigenvalue weighted by molar-refractivity contribution is 7.99. The lowest BCUT2D eigenvalue weighted by Gasteiger charge is -2.03. The molecular weight excluding hydrogens is 251 g/mol. The molecular formula is C14H13FO2S. The zero-order chi connectivity index (χ0) is 13.0. The molecule has 0 aliphatic rings. The van der Waals surface area contributed by atoms with Gasteiger partial charge in [-0.3, -0.25) is 0 Å². The van der Waals surface area contributed by atoms with Crippen molar-refractivity contribution in [1.82, 2.24) is 0 Å². The molecule has 0 aliphatic carbocycles. The first kappa shape index (κ1) is 12.8. The summed E-state index contributed by atoms with van der Waals surface area (Å²) in [7, 11) is 0. The van der Waals surface area contributed by atoms with Gasteiger partial charge < -0.3 is 10.2 Å². The molecule has 0 heterocycles. The molecule has 0 saturated heterocycles. The molecule has 0 radical (unpaired) electrons. The van der Waals surface area contributed by atoms with Crippen molar-refractivity contribution in [3.63, 3.8) is 0 Å². The molecule has 0 amide bonds. The lowest BCUT2D eigenvalue weighted by Crippen LogP contribution is -1.88. The molecule has 2 nitrogen and oxygen atoms in total. The first-order valence-corrected chi connectivity index (χ1v) is 6.53. The van der Waals surface area contributed by atoms with Gasteiger partial charge in [0.25, 0.3) is 0 Å². The third-order valence-electron chi connectivity index (χ3n) is 2.51. The Hall–Kier alpha value is -1.68. The maximum Gasteiger partial charge on any atom is 0.165 e. The number of phenolic OH excluding ortho intramolecular Hbond substituents is 2. The first-order valence-electron chi connectivity index (χ1n) is 5.54. The van der Waals surface area contributed by atoms with Crippen LogP contribution in [0.25, 0.3) is 0 Å². The minimum Gasteiger partial charge on any atom is -0.508 e. The average Bonchev–Trinajstić information content (AvgIpc) is 2.36. The third kappa shape index (κ3) is 3.40. The third-order valence-corrected chi connectivity index (χ3v) is 3.51. The first-order chi connectivity index (χ1) is 8.65. The minimum atomic E-state index is -0.593. The summed E-state index contributed by atoms with van der Waals surface area (Å²) in [4.78, 5) is 0.795. The number of hydrogen-bond acceptors (Lipinski definition) is 3. The van der Waals surface area contributed by atoms with Crippen LogP contribution in [0.2, 0.25) is 0 Å². The lowest BCUT2D eigenvalue weighted by atomic mass is 10.2. The van der Waals surface area contributed by atoms with Crippen LogP contribution < -0.4 is 0 Å². The van der Waals surface area contributed by atoms with Crippen molar-refractivity contribution in [1.29, 1.82) is 0 Å². The molecule has 2 rings (SSSR count). The molecule has 0 unspecified atom stereocenters. The van der Waals surface area contributed by atoms with Gasteiger partial charge in [-0.2, -0.15) is 0 Å². The van der Waals surface area contributed by atoms with Crippen molar-refractivity contribution in [2.75, 3.05) is 5.75 Å². The van der Waals surface area contributed by atoms with Crippen molar-refractivity contribution in [2.24, 2.45) is 0 Å². The second-order valence-electron chi connectivity index (χ2n) is 3.88. The van der Waals surface area contributed by atoms with Gasteiger partial charge in [-0.1, -0.05) is 12.1 Å². The molecule has 0 bridgehead atoms. The second-order valence-corrected chi connectivity index (χ2v) is 5.05. The van der Waals surface area contributed by atoms with Crippen molar-refractivity contribution < 1.29 is 14.6 Å². The highest BCUT2D eigenvalue weighted by Crippen LogP contribution is 2.24. The van der Waals surface area contributed by atoms with E-state index in [0.717, 1.165) is 22.6 Å². The van der Waals surface area contributed by atoms with Gasteiger partial charge in [-0.05, 0) is 42.3 Å². The van der Waals surface area contributed by atoms with Gasteiger partial charge in [0, 0.05) is 10.6 Å². The van der Waals surface area contributed by atoms with Crippen molar-refractivity contribution >= 4 is 11.8 Å². The van der Waals surface area contributed by atoms with Gasteiger partial charge in [0.15, 0.2) is 11.6 Å². The maximum atomic E-state index is 13.1. The summed E-state index contributed by atoms with van der Waals surface area (Å²) < 4.78 is 13.1. The molecule has 0 aliphatic heterocycles. The Labute approximate surface area is 109 Å². The highest BCUT2D eigenvalue weighted by Gasteiger charge is 2.02. The highest BCUT2D eigenvalue weighted by atomic mass is 32.2. The normalized spacial score (nSPS) is 10.5. The van der Waals surface area contributed by atoms with E-state index < -0.39 is 5.82 Å². The van der Waals surface area contributed by atoms with E-state index in [0.29, 0.717) is 0 Å². The summed E-state index contributed by atoms with van der Waals surface area (Å²) in [5.41, 5.74) is 1.12. The van der Waals surface area contributed by atoms with Crippen LogP contribution in [0.1, 0.15) is 5.56 Å². The Morgan fingerprint density at radius 3 is 2.39 bits per heavy atom. The molecule has 18 heavy (non-hydrogen) atoms. The zero-order valence-corrected chi connectivity index (χ0v) is 10.5. The van der Waals surface area contributed by atoms with Gasteiger partial charge in [0.1, 0.15) is 5.75 Å². The fourth-order valence-corrected chi connectivity index (χ4v) is 2.45. The largest absolute Gasteiger partial charge is 0.508 e. The van der Waals surface area contributed by atoms with Crippen LogP contribution in [0, 0.1) is 5.82 Å². The molecule has 2 aromatic carbocycles. The summed E-state index contributed by atoms with van der Waals surface area (Å²) in [6.07, 6.45) is 0.841. The summed E-state index contributed by atoms with van der Waals surface area (Å²) >= 11 is 1.53. The minimum absolute atomic E-state index is 0.256. The molecule has 4 heteroatoms. The van der Waals surface area contributed by atoms with Gasteiger partial charge in [0.05, 0.1) is 0 Å². The summed E-state index contributed by atoms with van der Waals surface area (Å²) in [5, 5.41) is 18.2. The molecule has 0 fully saturated rings. The van der Waals surface area contributed by atoms with Crippen molar-refractivity contribution in [3.8, 4) is 11.5 Å². The van der Waals surface area contributed by atoms with Crippen molar-refractivity contribution in [3.05, 3.63) is 53.8 Å². The van der Waals surface area contributed by atoms with Gasteiger partial charge in [-0.25, -0.2) is 4.39 Å². The van der Waals surface area contributed by atoms with Crippen LogP contribution in [-0.2, 0) is 6.42 Å². The molecule has 0 saturated carbocycles. The van der Waals surface area contributed by atoms with Crippen LogP contribution in [-0.4, -0.2) is 16.0 Å². The fraction of sp³-hybridized carbons (Fsp3) is 0.143. The van der Waals surface area contributed by atoms with E-state index in [1.54, 1.807) is 18.2 Å². The summed E-state index contributed by atoms with van der Waals surface area (Å²) in [6.45, 7) is 0. The monoisotopic (exact) mass is 264 g/mol. The Kier molecular flexibility index (Phi) is 4.10. The van der Waals surface area contributed by atoms with E-state index >= 15 is 0 Å². The van der Waals surface area contributed by atoms with E-state index in [4.69, 9.17) is 10.2 Å². The number of phenols is 2. The Balaban J connectivity index is 1.88. The Morgan fingerprint density at radius 1 is 1.00 bits per heavy atom. The summed E-state index contributed by atoms with van der Waals surface area (Å²) in [6, 6.07) is 11.4. The van der Waals surface area contributed by atoms with Crippen LogP contribution in [0.3, 0.4) is 0 Å². The molecule has 94 valence electrons. The van der Waals surface area contributed by atoms with E-state index in [2.05, 4.69) is 0 Å². The topological polar surface area (TPSA) is 40.5 Å². The summed E-state index contributed by atoms with van der Waals surface area (Å²) in [5.74, 6) is 0.157. The number of rotatable bonds is 4. The Morgan fingerprint density at radius 2 is 1.72 bits per heavy atom. The van der Waals surface area contributed by atoms with Crippen LogP contribution >= 0.6 is 11.8 Å². The van der Waals surface area contributed by atoms with Crippen LogP contribution in [0.4, 0.5) is 4.39 Å². The SMILES string of the molecule is Oc1ccc(CCSc2ccc(O)c(F)c2)cc1. The predicted molar refractivity (Wildman–Crippen MR) is 70.6 cm³/mol. The van der Waals surface area contributed by atoms with E-state index in [1.807, 2.05) is 12.1 Å². The average molecular weight is 264 g/mol. The van der Waals surface area contributed by atoms with Gasteiger partial charge in [-0.15, -0.1) is 11.8 Å². The number of aromatic hydroxyl groups is 2. The van der Waals surface area contributed by atoms with Crippen LogP contribution in [0.5, 0.6) is 11.5 Å². The van der Waals surface area contributed by atoms with E-state index in [1.165, 1.54) is 23.9 Å². The number of aryl methyl sites for hydroxylation is 1. The second kappa shape index (κ2) is 5.78. The molecule has 0 atom stereocenters. The smallest absolute Gasteiger partial charge is 0.165 e. The number of hydrogen-bond donors (Lipinski definition) is 2. The molecule has 0 spiro atoms. The van der Waals surface area contributed by atoms with E-state index in [-0.39, 0.29) is 11.5 Å². The standard InChI is InChI=1S/C14H13FO2S/c15-13-9-12(5-6-14(13)17)18-8-7-10-1-3-11(16)4-2-10/h1-6,9,16-17H,7-8H2. The number of halogens is 1. The number of benzene rings is 2. The number of thioether (sulfide) groups is 1. The molecule has 0 aromatic heterocycles. The maximum absolute atomic E-state index is 13.1. The molecule has 2 N–H and O–H groups in total. The van der Waals surface area contributed by atoms with Crippen LogP contribution in [0.15, 0.2) is 47.4 Å².